The van der Waals surface area contributed by atoms with Gasteiger partial charge in [-0.25, -0.2) is 9.97 Å². The number of aliphatic hydroxyl groups excluding tert-OH is 1. The first-order chi connectivity index (χ1) is 18.3. The molecular formula is C28H27N3O5S2. The van der Waals surface area contributed by atoms with Crippen LogP contribution in [0.2, 0.25) is 0 Å². The zero-order valence-corrected chi connectivity index (χ0v) is 23.1. The van der Waals surface area contributed by atoms with Crippen molar-refractivity contribution < 1.29 is 24.2 Å². The average Bonchev–Trinajstić information content (AvgIpc) is 3.55. The minimum Gasteiger partial charge on any atom is -0.503 e. The normalized spacial score (nSPS) is 15.5. The lowest BCUT2D eigenvalue weighted by molar-refractivity contribution is -0.117. The molecule has 1 atom stereocenters. The number of aliphatic hydroxyl groups is 1. The van der Waals surface area contributed by atoms with E-state index >= 15 is 0 Å². The van der Waals surface area contributed by atoms with Crippen molar-refractivity contribution >= 4 is 49.7 Å². The van der Waals surface area contributed by atoms with Crippen LogP contribution in [0.1, 0.15) is 52.2 Å². The second kappa shape index (κ2) is 10.5. The van der Waals surface area contributed by atoms with Crippen LogP contribution in [0.25, 0.3) is 10.2 Å². The van der Waals surface area contributed by atoms with Crippen LogP contribution in [-0.2, 0) is 4.79 Å². The summed E-state index contributed by atoms with van der Waals surface area (Å²) in [5.41, 5.74) is 1.82. The van der Waals surface area contributed by atoms with Crippen LogP contribution in [0.5, 0.6) is 11.5 Å². The first-order valence-electron chi connectivity index (χ1n) is 12.3. The molecule has 1 unspecified atom stereocenters. The van der Waals surface area contributed by atoms with Gasteiger partial charge in [0, 0.05) is 5.56 Å². The minimum atomic E-state index is -0.934. The highest BCUT2D eigenvalue weighted by atomic mass is 32.1. The number of hydrogen-bond donors (Lipinski definition) is 1. The number of para-hydroxylation sites is 1. The number of nitrogens with zero attached hydrogens (tertiary/aromatic N) is 3. The number of carbonyl (C=O) groups is 2. The highest BCUT2D eigenvalue weighted by molar-refractivity contribution is 7.22. The van der Waals surface area contributed by atoms with Crippen molar-refractivity contribution in [2.24, 2.45) is 0 Å². The Labute approximate surface area is 228 Å². The van der Waals surface area contributed by atoms with Gasteiger partial charge in [0.25, 0.3) is 5.91 Å². The fourth-order valence-corrected chi connectivity index (χ4v) is 6.39. The molecule has 10 heteroatoms. The second-order valence-corrected chi connectivity index (χ2v) is 11.0. The number of hydrogen-bond acceptors (Lipinski definition) is 9. The van der Waals surface area contributed by atoms with E-state index in [0.29, 0.717) is 51.5 Å². The fourth-order valence-electron chi connectivity index (χ4n) is 4.50. The lowest BCUT2D eigenvalue weighted by atomic mass is 9.94. The third kappa shape index (κ3) is 4.54. The maximum absolute atomic E-state index is 13.9. The van der Waals surface area contributed by atoms with E-state index in [1.54, 1.807) is 13.0 Å². The lowest BCUT2D eigenvalue weighted by Crippen LogP contribution is -2.31. The number of ketones is 1. The van der Waals surface area contributed by atoms with Crippen LogP contribution in [0.3, 0.4) is 0 Å². The molecule has 0 bridgehead atoms. The number of Topliss-reactive ketones (excluding diaryl/α,β-unsaturated/α-hetero) is 1. The van der Waals surface area contributed by atoms with E-state index in [1.807, 2.05) is 57.2 Å². The number of aryl methyl sites for hydroxylation is 2. The van der Waals surface area contributed by atoms with E-state index < -0.39 is 23.5 Å². The van der Waals surface area contributed by atoms with E-state index in [2.05, 4.69) is 4.98 Å². The molecule has 3 heterocycles. The third-order valence-electron chi connectivity index (χ3n) is 6.10. The van der Waals surface area contributed by atoms with Crippen LogP contribution in [0.15, 0.2) is 53.8 Å². The SMILES string of the molecule is CCCOc1ccccc1C1C(C(=O)c2sc(C)nc2C)=C(O)C(=O)N1c1nc2ccc(OCC)cc2s1. The third-order valence-corrected chi connectivity index (χ3v) is 8.19. The van der Waals surface area contributed by atoms with Gasteiger partial charge in [0.1, 0.15) is 17.5 Å². The molecule has 2 aromatic carbocycles. The van der Waals surface area contributed by atoms with Gasteiger partial charge < -0.3 is 14.6 Å². The predicted molar refractivity (Wildman–Crippen MR) is 149 cm³/mol. The van der Waals surface area contributed by atoms with E-state index in [1.165, 1.54) is 27.6 Å². The second-order valence-electron chi connectivity index (χ2n) is 8.76. The zero-order valence-electron chi connectivity index (χ0n) is 21.5. The summed E-state index contributed by atoms with van der Waals surface area (Å²) in [5.74, 6) is -0.479. The van der Waals surface area contributed by atoms with Crippen LogP contribution in [-0.4, -0.2) is 40.0 Å². The lowest BCUT2D eigenvalue weighted by Gasteiger charge is -2.26. The Morgan fingerprint density at radius 3 is 2.58 bits per heavy atom. The molecule has 0 spiro atoms. The molecule has 0 saturated carbocycles. The molecule has 1 N–H and O–H groups in total. The molecule has 196 valence electrons. The molecule has 5 rings (SSSR count). The largest absolute Gasteiger partial charge is 0.503 e. The van der Waals surface area contributed by atoms with Crippen molar-refractivity contribution in [3.8, 4) is 11.5 Å². The van der Waals surface area contributed by atoms with Gasteiger partial charge in [-0.2, -0.15) is 0 Å². The number of aromatic nitrogens is 2. The van der Waals surface area contributed by atoms with Gasteiger partial charge in [0.15, 0.2) is 10.9 Å². The topological polar surface area (TPSA) is 102 Å². The number of carbonyl (C=O) groups excluding carboxylic acids is 2. The Balaban J connectivity index is 1.68. The quantitative estimate of drug-likeness (QED) is 0.243. The standard InChI is InChI=1S/C28H27N3O5S2/c1-5-13-36-20-10-8-7-9-18(20)23-22(24(32)26-15(3)29-16(4)37-26)25(33)27(34)31(23)28-30-19-12-11-17(35-6-2)14-21(19)38-28/h7-12,14,23,33H,5-6,13H2,1-4H3. The molecule has 1 aliphatic rings. The Morgan fingerprint density at radius 1 is 1.08 bits per heavy atom. The molecule has 8 nitrogen and oxygen atoms in total. The summed E-state index contributed by atoms with van der Waals surface area (Å²) in [7, 11) is 0. The van der Waals surface area contributed by atoms with Gasteiger partial charge in [-0.05, 0) is 51.5 Å². The van der Waals surface area contributed by atoms with Gasteiger partial charge in [-0.1, -0.05) is 36.5 Å². The molecule has 38 heavy (non-hydrogen) atoms. The van der Waals surface area contributed by atoms with Crippen molar-refractivity contribution in [2.45, 2.75) is 40.2 Å². The monoisotopic (exact) mass is 549 g/mol. The van der Waals surface area contributed by atoms with Crippen LogP contribution in [0.4, 0.5) is 5.13 Å². The Kier molecular flexibility index (Phi) is 7.18. The Bertz CT molecular complexity index is 1570. The van der Waals surface area contributed by atoms with E-state index in [4.69, 9.17) is 14.5 Å². The molecule has 0 fully saturated rings. The molecule has 2 aromatic heterocycles. The highest BCUT2D eigenvalue weighted by Crippen LogP contribution is 2.47. The number of anilines is 1. The van der Waals surface area contributed by atoms with Crippen LogP contribution in [0, 0.1) is 13.8 Å². The summed E-state index contributed by atoms with van der Waals surface area (Å²) >= 11 is 2.53. The number of rotatable bonds is 9. The first kappa shape index (κ1) is 25.9. The van der Waals surface area contributed by atoms with Gasteiger partial charge >= 0.3 is 0 Å². The van der Waals surface area contributed by atoms with Gasteiger partial charge in [0.2, 0.25) is 5.78 Å². The highest BCUT2D eigenvalue weighted by Gasteiger charge is 2.47. The van der Waals surface area contributed by atoms with E-state index in [9.17, 15) is 14.7 Å². The maximum Gasteiger partial charge on any atom is 0.296 e. The van der Waals surface area contributed by atoms with E-state index in [-0.39, 0.29) is 5.57 Å². The van der Waals surface area contributed by atoms with E-state index in [0.717, 1.165) is 16.1 Å². The Hall–Kier alpha value is -3.76. The van der Waals surface area contributed by atoms with Crippen LogP contribution >= 0.6 is 22.7 Å². The van der Waals surface area contributed by atoms with Crippen LogP contribution < -0.4 is 14.4 Å². The molecular weight excluding hydrogens is 522 g/mol. The summed E-state index contributed by atoms with van der Waals surface area (Å²) < 4.78 is 12.5. The van der Waals surface area contributed by atoms with Gasteiger partial charge in [0.05, 0.1) is 44.6 Å². The van der Waals surface area contributed by atoms with Crippen molar-refractivity contribution in [3.63, 3.8) is 0 Å². The van der Waals surface area contributed by atoms with Crippen molar-refractivity contribution in [2.75, 3.05) is 18.1 Å². The molecule has 0 aliphatic carbocycles. The predicted octanol–water partition coefficient (Wildman–Crippen LogP) is 6.34. The van der Waals surface area contributed by atoms with Gasteiger partial charge in [-0.15, -0.1) is 11.3 Å². The summed E-state index contributed by atoms with van der Waals surface area (Å²) in [6, 6.07) is 11.9. The molecule has 0 saturated heterocycles. The number of benzene rings is 2. The number of thiazole rings is 2. The fraction of sp³-hybridized carbons (Fsp3) is 0.286. The average molecular weight is 550 g/mol. The van der Waals surface area contributed by atoms with Crippen molar-refractivity contribution in [1.29, 1.82) is 0 Å². The number of amides is 1. The summed E-state index contributed by atoms with van der Waals surface area (Å²) in [5, 5.41) is 12.3. The summed E-state index contributed by atoms with van der Waals surface area (Å²) in [6.07, 6.45) is 0.786. The van der Waals surface area contributed by atoms with Gasteiger partial charge in [-0.3, -0.25) is 14.5 Å². The summed E-state index contributed by atoms with van der Waals surface area (Å²) in [6.45, 7) is 8.47. The Morgan fingerprint density at radius 2 is 1.87 bits per heavy atom. The van der Waals surface area contributed by atoms with Crippen molar-refractivity contribution in [3.05, 3.63) is 74.9 Å². The molecule has 1 amide bonds. The first-order valence-corrected chi connectivity index (χ1v) is 14.0. The smallest absolute Gasteiger partial charge is 0.296 e. The van der Waals surface area contributed by atoms with Crippen molar-refractivity contribution in [1.82, 2.24) is 9.97 Å². The maximum atomic E-state index is 13.9. The zero-order chi connectivity index (χ0) is 27.0. The summed E-state index contributed by atoms with van der Waals surface area (Å²) in [4.78, 5) is 38.4. The minimum absolute atomic E-state index is 0.0106. The molecule has 1 aliphatic heterocycles. The molecule has 0 radical (unpaired) electrons. The molecule has 4 aromatic rings. The number of fused-ring (bicyclic) bond motifs is 1. The number of ether oxygens (including phenoxy) is 2.